The van der Waals surface area contributed by atoms with Crippen molar-refractivity contribution in [3.8, 4) is 17.1 Å². The van der Waals surface area contributed by atoms with Gasteiger partial charge < -0.3 is 0 Å². The van der Waals surface area contributed by atoms with E-state index in [0.29, 0.717) is 0 Å². The van der Waals surface area contributed by atoms with E-state index in [-0.39, 0.29) is 0 Å². The Morgan fingerprint density at radius 3 is 2.38 bits per heavy atom. The average Bonchev–Trinajstić information content (AvgIpc) is 2.93. The van der Waals surface area contributed by atoms with Crippen LogP contribution in [0.1, 0.15) is 24.7 Å². The Labute approximate surface area is 125 Å². The summed E-state index contributed by atoms with van der Waals surface area (Å²) in [5, 5.41) is 4.74. The molecule has 0 fully saturated rings. The summed E-state index contributed by atoms with van der Waals surface area (Å²) in [5.41, 5.74) is 3.37. The number of aryl methyl sites for hydroxylation is 2. The van der Waals surface area contributed by atoms with E-state index < -0.39 is 0 Å². The van der Waals surface area contributed by atoms with Gasteiger partial charge in [0.1, 0.15) is 5.82 Å². The molecule has 0 saturated heterocycles. The maximum Gasteiger partial charge on any atom is 0.181 e. The topological polar surface area (TPSA) is 30.7 Å². The minimum Gasteiger partial charge on any atom is -0.217 e. The molecule has 3 rings (SSSR count). The van der Waals surface area contributed by atoms with Crippen molar-refractivity contribution < 1.29 is 0 Å². The SMILES string of the molecule is CCCc1nc(-c2ccccc2)nn1-c1ccccc1C. The third kappa shape index (κ3) is 2.72. The second-order valence-corrected chi connectivity index (χ2v) is 5.17. The number of aromatic nitrogens is 3. The normalized spacial score (nSPS) is 10.8. The van der Waals surface area contributed by atoms with Gasteiger partial charge in [-0.25, -0.2) is 9.67 Å². The first-order chi connectivity index (χ1) is 10.3. The van der Waals surface area contributed by atoms with Crippen LogP contribution in [0.25, 0.3) is 17.1 Å². The second-order valence-electron chi connectivity index (χ2n) is 5.17. The Balaban J connectivity index is 2.12. The molecule has 21 heavy (non-hydrogen) atoms. The molecule has 3 heteroatoms. The van der Waals surface area contributed by atoms with Crippen LogP contribution in [0.15, 0.2) is 54.6 Å². The average molecular weight is 277 g/mol. The lowest BCUT2D eigenvalue weighted by atomic mass is 10.2. The molecule has 0 spiro atoms. The fourth-order valence-electron chi connectivity index (χ4n) is 2.43. The van der Waals surface area contributed by atoms with Crippen molar-refractivity contribution >= 4 is 0 Å². The van der Waals surface area contributed by atoms with Crippen molar-refractivity contribution in [3.63, 3.8) is 0 Å². The summed E-state index contributed by atoms with van der Waals surface area (Å²) in [7, 11) is 0. The second kappa shape index (κ2) is 5.92. The van der Waals surface area contributed by atoms with Gasteiger partial charge in [0, 0.05) is 12.0 Å². The summed E-state index contributed by atoms with van der Waals surface area (Å²) in [6.45, 7) is 4.27. The molecule has 0 N–H and O–H groups in total. The fourth-order valence-corrected chi connectivity index (χ4v) is 2.43. The van der Waals surface area contributed by atoms with Crippen molar-refractivity contribution in [2.24, 2.45) is 0 Å². The molecule has 3 nitrogen and oxygen atoms in total. The number of hydrogen-bond donors (Lipinski definition) is 0. The van der Waals surface area contributed by atoms with E-state index in [1.807, 2.05) is 47.1 Å². The first-order valence-electron chi connectivity index (χ1n) is 7.37. The van der Waals surface area contributed by atoms with Gasteiger partial charge in [0.25, 0.3) is 0 Å². The molecule has 0 saturated carbocycles. The minimum atomic E-state index is 0.794. The lowest BCUT2D eigenvalue weighted by Crippen LogP contribution is -2.04. The monoisotopic (exact) mass is 277 g/mol. The van der Waals surface area contributed by atoms with Gasteiger partial charge in [-0.1, -0.05) is 55.5 Å². The predicted molar refractivity (Wildman–Crippen MR) is 85.5 cm³/mol. The summed E-state index contributed by atoms with van der Waals surface area (Å²) in [5.74, 6) is 1.81. The van der Waals surface area contributed by atoms with Gasteiger partial charge in [-0.3, -0.25) is 0 Å². The molecule has 3 aromatic rings. The van der Waals surface area contributed by atoms with E-state index >= 15 is 0 Å². The van der Waals surface area contributed by atoms with Gasteiger partial charge in [0.05, 0.1) is 5.69 Å². The highest BCUT2D eigenvalue weighted by Gasteiger charge is 2.13. The summed E-state index contributed by atoms with van der Waals surface area (Å²) in [6, 6.07) is 18.4. The van der Waals surface area contributed by atoms with Crippen LogP contribution in [-0.2, 0) is 6.42 Å². The third-order valence-corrected chi connectivity index (χ3v) is 3.52. The predicted octanol–water partition coefficient (Wildman–Crippen LogP) is 4.20. The smallest absolute Gasteiger partial charge is 0.181 e. The molecule has 2 aromatic carbocycles. The van der Waals surface area contributed by atoms with Crippen molar-refractivity contribution in [2.75, 3.05) is 0 Å². The van der Waals surface area contributed by atoms with Crippen LogP contribution in [0.5, 0.6) is 0 Å². The van der Waals surface area contributed by atoms with E-state index in [1.54, 1.807) is 0 Å². The van der Waals surface area contributed by atoms with Gasteiger partial charge in [0.2, 0.25) is 0 Å². The zero-order valence-corrected chi connectivity index (χ0v) is 12.5. The summed E-state index contributed by atoms with van der Waals surface area (Å²) in [4.78, 5) is 4.74. The third-order valence-electron chi connectivity index (χ3n) is 3.52. The number of benzene rings is 2. The lowest BCUT2D eigenvalue weighted by molar-refractivity contribution is 0.756. The summed E-state index contributed by atoms with van der Waals surface area (Å²) >= 11 is 0. The molecule has 0 bridgehead atoms. The zero-order chi connectivity index (χ0) is 14.7. The number of para-hydroxylation sites is 1. The molecule has 1 heterocycles. The molecule has 106 valence electrons. The molecular formula is C18H19N3. The number of nitrogens with zero attached hydrogens (tertiary/aromatic N) is 3. The Bertz CT molecular complexity index is 729. The van der Waals surface area contributed by atoms with Gasteiger partial charge >= 0.3 is 0 Å². The highest BCUT2D eigenvalue weighted by Crippen LogP contribution is 2.20. The lowest BCUT2D eigenvalue weighted by Gasteiger charge is -2.07. The van der Waals surface area contributed by atoms with Crippen LogP contribution < -0.4 is 0 Å². The minimum absolute atomic E-state index is 0.794. The first-order valence-corrected chi connectivity index (χ1v) is 7.37. The first kappa shape index (κ1) is 13.6. The molecule has 0 radical (unpaired) electrons. The van der Waals surface area contributed by atoms with Crippen LogP contribution in [0, 0.1) is 6.92 Å². The summed E-state index contributed by atoms with van der Waals surface area (Å²) in [6.07, 6.45) is 1.98. The van der Waals surface area contributed by atoms with Crippen molar-refractivity contribution in [2.45, 2.75) is 26.7 Å². The molecule has 0 aliphatic heterocycles. The van der Waals surface area contributed by atoms with Crippen molar-refractivity contribution in [1.82, 2.24) is 14.8 Å². The highest BCUT2D eigenvalue weighted by molar-refractivity contribution is 5.55. The van der Waals surface area contributed by atoms with Crippen molar-refractivity contribution in [1.29, 1.82) is 0 Å². The Kier molecular flexibility index (Phi) is 3.82. The molecular weight excluding hydrogens is 258 g/mol. The molecule has 0 aliphatic rings. The maximum absolute atomic E-state index is 4.74. The standard InChI is InChI=1S/C18H19N3/c1-3-9-17-19-18(15-11-5-4-6-12-15)20-21(17)16-13-8-7-10-14(16)2/h4-8,10-13H,3,9H2,1-2H3. The summed E-state index contributed by atoms with van der Waals surface area (Å²) < 4.78 is 1.99. The Hall–Kier alpha value is -2.42. The molecule has 1 aromatic heterocycles. The van der Waals surface area contributed by atoms with Crippen LogP contribution in [-0.4, -0.2) is 14.8 Å². The molecule has 0 aliphatic carbocycles. The number of hydrogen-bond acceptors (Lipinski definition) is 2. The van der Waals surface area contributed by atoms with Crippen LogP contribution in [0.4, 0.5) is 0 Å². The fraction of sp³-hybridized carbons (Fsp3) is 0.222. The van der Waals surface area contributed by atoms with Gasteiger partial charge in [-0.05, 0) is 25.0 Å². The Morgan fingerprint density at radius 2 is 1.67 bits per heavy atom. The van der Waals surface area contributed by atoms with Crippen LogP contribution in [0.3, 0.4) is 0 Å². The van der Waals surface area contributed by atoms with E-state index in [2.05, 4.69) is 26.0 Å². The van der Waals surface area contributed by atoms with E-state index in [0.717, 1.165) is 35.7 Å². The van der Waals surface area contributed by atoms with Crippen LogP contribution >= 0.6 is 0 Å². The van der Waals surface area contributed by atoms with Gasteiger partial charge in [-0.15, -0.1) is 5.10 Å². The molecule has 0 amide bonds. The zero-order valence-electron chi connectivity index (χ0n) is 12.5. The van der Waals surface area contributed by atoms with Gasteiger partial charge in [0.15, 0.2) is 5.82 Å². The molecule has 0 atom stereocenters. The van der Waals surface area contributed by atoms with Crippen LogP contribution in [0.2, 0.25) is 0 Å². The van der Waals surface area contributed by atoms with E-state index in [9.17, 15) is 0 Å². The maximum atomic E-state index is 4.74. The molecule has 0 unspecified atom stereocenters. The number of rotatable bonds is 4. The van der Waals surface area contributed by atoms with Gasteiger partial charge in [-0.2, -0.15) is 0 Å². The quantitative estimate of drug-likeness (QED) is 0.715. The largest absolute Gasteiger partial charge is 0.217 e. The Morgan fingerprint density at radius 1 is 0.952 bits per heavy atom. The highest BCUT2D eigenvalue weighted by atomic mass is 15.4. The van der Waals surface area contributed by atoms with E-state index in [1.165, 1.54) is 5.56 Å². The van der Waals surface area contributed by atoms with E-state index in [4.69, 9.17) is 10.1 Å². The van der Waals surface area contributed by atoms with Crippen molar-refractivity contribution in [3.05, 3.63) is 66.0 Å².